The Hall–Kier alpha value is -2.77. The molecule has 0 amide bonds. The highest BCUT2D eigenvalue weighted by molar-refractivity contribution is 5.74. The van der Waals surface area contributed by atoms with E-state index >= 15 is 0 Å². The quantitative estimate of drug-likeness (QED) is 0.583. The number of hydrogen-bond acceptors (Lipinski definition) is 6. The van der Waals surface area contributed by atoms with Gasteiger partial charge in [-0.25, -0.2) is 4.98 Å². The van der Waals surface area contributed by atoms with E-state index in [0.29, 0.717) is 23.1 Å². The van der Waals surface area contributed by atoms with Crippen LogP contribution in [-0.2, 0) is 13.6 Å². The van der Waals surface area contributed by atoms with Crippen LogP contribution in [0.3, 0.4) is 0 Å². The van der Waals surface area contributed by atoms with Crippen LogP contribution in [0.4, 0.5) is 5.95 Å². The van der Waals surface area contributed by atoms with Crippen LogP contribution in [0.5, 0.6) is 0 Å². The summed E-state index contributed by atoms with van der Waals surface area (Å²) in [5.74, 6) is 0.738. The predicted octanol–water partition coefficient (Wildman–Crippen LogP) is 3.20. The van der Waals surface area contributed by atoms with Crippen LogP contribution >= 0.6 is 0 Å². The third-order valence-electron chi connectivity index (χ3n) is 7.66. The highest BCUT2D eigenvalue weighted by Crippen LogP contribution is 2.26. The zero-order chi connectivity index (χ0) is 23.7. The summed E-state index contributed by atoms with van der Waals surface area (Å²) in [4.78, 5) is 29.6. The van der Waals surface area contributed by atoms with Crippen LogP contribution in [0.15, 0.2) is 47.4 Å². The molecule has 2 aliphatic rings. The maximum Gasteiger partial charge on any atom is 0.264 e. The zero-order valence-electron chi connectivity index (χ0n) is 20.7. The third kappa shape index (κ3) is 4.59. The Morgan fingerprint density at radius 3 is 2.53 bits per heavy atom. The van der Waals surface area contributed by atoms with E-state index in [1.54, 1.807) is 22.9 Å². The summed E-state index contributed by atoms with van der Waals surface area (Å²) >= 11 is 0. The fourth-order valence-corrected chi connectivity index (χ4v) is 5.63. The van der Waals surface area contributed by atoms with E-state index < -0.39 is 0 Å². The number of piperidine rings is 1. The van der Waals surface area contributed by atoms with Gasteiger partial charge < -0.3 is 4.90 Å². The maximum absolute atomic E-state index is 12.9. The molecule has 34 heavy (non-hydrogen) atoms. The summed E-state index contributed by atoms with van der Waals surface area (Å²) < 4.78 is 1.69. The fraction of sp³-hybridized carbons (Fsp3) is 0.519. The minimum Gasteiger partial charge on any atom is -0.339 e. The number of hydrogen-bond donors (Lipinski definition) is 0. The normalized spacial score (nSPS) is 20.8. The lowest BCUT2D eigenvalue weighted by Crippen LogP contribution is -2.59. The summed E-state index contributed by atoms with van der Waals surface area (Å²) in [5, 5.41) is 0.580. The van der Waals surface area contributed by atoms with Crippen molar-refractivity contribution in [3.8, 4) is 0 Å². The van der Waals surface area contributed by atoms with Crippen LogP contribution in [0, 0.1) is 6.92 Å². The molecular formula is C27H36N6O. The van der Waals surface area contributed by atoms with E-state index in [1.807, 2.05) is 7.05 Å². The zero-order valence-corrected chi connectivity index (χ0v) is 20.7. The van der Waals surface area contributed by atoms with Gasteiger partial charge in [0.2, 0.25) is 5.95 Å². The van der Waals surface area contributed by atoms with E-state index in [0.717, 1.165) is 51.6 Å². The Bertz CT molecular complexity index is 1180. The van der Waals surface area contributed by atoms with Gasteiger partial charge in [0.1, 0.15) is 0 Å². The molecule has 0 saturated carbocycles. The number of pyridine rings is 1. The third-order valence-corrected chi connectivity index (χ3v) is 7.66. The minimum absolute atomic E-state index is 0.0236. The molecule has 7 heteroatoms. The number of aryl methyl sites for hydroxylation is 1. The molecule has 2 aromatic heterocycles. The first-order chi connectivity index (χ1) is 16.5. The summed E-state index contributed by atoms with van der Waals surface area (Å²) in [6.45, 7) is 10.6. The predicted molar refractivity (Wildman–Crippen MR) is 137 cm³/mol. The number of likely N-dealkylation sites (tertiary alicyclic amines) is 1. The number of fused-ring (bicyclic) bond motifs is 1. The van der Waals surface area contributed by atoms with Crippen molar-refractivity contribution < 1.29 is 0 Å². The van der Waals surface area contributed by atoms with Crippen molar-refractivity contribution in [1.82, 2.24) is 24.3 Å². The number of benzene rings is 1. The lowest BCUT2D eigenvalue weighted by Gasteiger charge is -2.47. The van der Waals surface area contributed by atoms with Gasteiger partial charge in [-0.05, 0) is 57.0 Å². The molecule has 7 nitrogen and oxygen atoms in total. The van der Waals surface area contributed by atoms with Crippen LogP contribution in [0.2, 0.25) is 0 Å². The van der Waals surface area contributed by atoms with Gasteiger partial charge in [-0.2, -0.15) is 4.98 Å². The number of piperazine rings is 1. The topological polar surface area (TPSA) is 57.5 Å². The second-order valence-corrected chi connectivity index (χ2v) is 9.89. The molecular weight excluding hydrogens is 424 g/mol. The largest absolute Gasteiger partial charge is 0.339 e. The van der Waals surface area contributed by atoms with Crippen molar-refractivity contribution in [2.24, 2.45) is 7.05 Å². The van der Waals surface area contributed by atoms with E-state index in [9.17, 15) is 4.79 Å². The summed E-state index contributed by atoms with van der Waals surface area (Å²) in [5.41, 5.74) is 3.25. The molecule has 5 rings (SSSR count). The maximum atomic E-state index is 12.9. The molecule has 1 atom stereocenters. The number of anilines is 1. The molecule has 2 fully saturated rings. The van der Waals surface area contributed by atoms with E-state index in [-0.39, 0.29) is 5.56 Å². The van der Waals surface area contributed by atoms with Gasteiger partial charge in [-0.15, -0.1) is 0 Å². The van der Waals surface area contributed by atoms with Crippen molar-refractivity contribution in [3.63, 3.8) is 0 Å². The van der Waals surface area contributed by atoms with Crippen molar-refractivity contribution >= 4 is 17.0 Å². The van der Waals surface area contributed by atoms with Gasteiger partial charge in [-0.3, -0.25) is 19.2 Å². The Morgan fingerprint density at radius 2 is 1.79 bits per heavy atom. The molecule has 180 valence electrons. The number of rotatable bonds is 5. The SMILES string of the molecule is CC[C@H]1CN(c2nc3ncccc3c(=O)n2C)CCN1C1CCN(Cc2ccc(C)cc2)CC1. The first-order valence-corrected chi connectivity index (χ1v) is 12.6. The second kappa shape index (κ2) is 9.84. The van der Waals surface area contributed by atoms with Gasteiger partial charge in [0, 0.05) is 51.5 Å². The average molecular weight is 461 g/mol. The Labute approximate surface area is 202 Å². The molecule has 0 spiro atoms. The molecule has 2 saturated heterocycles. The average Bonchev–Trinajstić information content (AvgIpc) is 2.88. The molecule has 1 aromatic carbocycles. The summed E-state index contributed by atoms with van der Waals surface area (Å²) in [6, 6.07) is 13.7. The van der Waals surface area contributed by atoms with Gasteiger partial charge in [0.25, 0.3) is 5.56 Å². The molecule has 0 unspecified atom stereocenters. The van der Waals surface area contributed by atoms with Crippen molar-refractivity contribution in [3.05, 3.63) is 64.1 Å². The second-order valence-electron chi connectivity index (χ2n) is 9.89. The van der Waals surface area contributed by atoms with Gasteiger partial charge >= 0.3 is 0 Å². The highest BCUT2D eigenvalue weighted by Gasteiger charge is 2.34. The molecule has 2 aliphatic heterocycles. The molecule has 3 aromatic rings. The first-order valence-electron chi connectivity index (χ1n) is 12.6. The minimum atomic E-state index is -0.0236. The first kappa shape index (κ1) is 23.0. The Balaban J connectivity index is 1.24. The molecule has 0 radical (unpaired) electrons. The Morgan fingerprint density at radius 1 is 1.03 bits per heavy atom. The summed E-state index contributed by atoms with van der Waals surface area (Å²) in [6.07, 6.45) is 5.24. The van der Waals surface area contributed by atoms with Crippen LogP contribution in [0.1, 0.15) is 37.3 Å². The van der Waals surface area contributed by atoms with Gasteiger partial charge in [0.05, 0.1) is 5.39 Å². The molecule has 0 N–H and O–H groups in total. The van der Waals surface area contributed by atoms with E-state index in [1.165, 1.54) is 24.0 Å². The summed E-state index contributed by atoms with van der Waals surface area (Å²) in [7, 11) is 1.83. The molecule has 4 heterocycles. The van der Waals surface area contributed by atoms with Crippen molar-refractivity contribution in [2.75, 3.05) is 37.6 Å². The highest BCUT2D eigenvalue weighted by atomic mass is 16.1. The van der Waals surface area contributed by atoms with Crippen molar-refractivity contribution in [2.45, 2.75) is 51.7 Å². The van der Waals surface area contributed by atoms with Crippen LogP contribution in [0.25, 0.3) is 11.0 Å². The van der Waals surface area contributed by atoms with Crippen LogP contribution < -0.4 is 10.5 Å². The monoisotopic (exact) mass is 460 g/mol. The van der Waals surface area contributed by atoms with E-state index in [2.05, 4.69) is 57.8 Å². The molecule has 0 aliphatic carbocycles. The Kier molecular flexibility index (Phi) is 6.66. The van der Waals surface area contributed by atoms with Crippen molar-refractivity contribution in [1.29, 1.82) is 0 Å². The molecule has 0 bridgehead atoms. The smallest absolute Gasteiger partial charge is 0.264 e. The lowest BCUT2D eigenvalue weighted by atomic mass is 9.98. The van der Waals surface area contributed by atoms with Crippen LogP contribution in [-0.4, -0.2) is 69.1 Å². The van der Waals surface area contributed by atoms with Gasteiger partial charge in [-0.1, -0.05) is 36.8 Å². The van der Waals surface area contributed by atoms with E-state index in [4.69, 9.17) is 4.98 Å². The number of nitrogens with zero attached hydrogens (tertiary/aromatic N) is 6. The fourth-order valence-electron chi connectivity index (χ4n) is 5.63. The number of aromatic nitrogens is 3. The van der Waals surface area contributed by atoms with Gasteiger partial charge in [0.15, 0.2) is 5.65 Å². The lowest BCUT2D eigenvalue weighted by molar-refractivity contribution is 0.0607. The standard InChI is InChI=1S/C27H36N6O/c1-4-22-19-32(27-29-25-24(6-5-13-28-25)26(34)30(27)3)16-17-33(22)23-11-14-31(15-12-23)18-21-9-7-20(2)8-10-21/h5-10,13,22-23H,4,11-12,14-19H2,1-3H3/t22-/m0/s1.